The summed E-state index contributed by atoms with van der Waals surface area (Å²) >= 11 is 0. The Morgan fingerprint density at radius 2 is 2.04 bits per heavy atom. The molecule has 9 heteroatoms. The van der Waals surface area contributed by atoms with E-state index in [0.29, 0.717) is 23.5 Å². The maximum Gasteiger partial charge on any atom is 0.343 e. The minimum absolute atomic E-state index is 0.0178. The summed E-state index contributed by atoms with van der Waals surface area (Å²) in [5.74, 6) is -0.0842. The van der Waals surface area contributed by atoms with E-state index in [4.69, 9.17) is 9.84 Å². The fourth-order valence-electron chi connectivity index (χ4n) is 3.07. The van der Waals surface area contributed by atoms with Crippen LogP contribution in [0.25, 0.3) is 11.0 Å². The van der Waals surface area contributed by atoms with Gasteiger partial charge in [0, 0.05) is 52.2 Å². The first-order valence-corrected chi connectivity index (χ1v) is 8.66. The SMILES string of the molecule is CCOC(=O)c1cn(C)c2nc(N3CCN(CCO)CC3)ncc2c1=O. The lowest BCUT2D eigenvalue weighted by Gasteiger charge is -2.34. The molecule has 1 aliphatic heterocycles. The van der Waals surface area contributed by atoms with Gasteiger partial charge >= 0.3 is 5.97 Å². The molecule has 0 aromatic carbocycles. The number of rotatable bonds is 5. The van der Waals surface area contributed by atoms with Crippen molar-refractivity contribution in [1.82, 2.24) is 19.4 Å². The van der Waals surface area contributed by atoms with Gasteiger partial charge in [0.1, 0.15) is 11.2 Å². The second-order valence-electron chi connectivity index (χ2n) is 6.16. The third kappa shape index (κ3) is 3.54. The van der Waals surface area contributed by atoms with Gasteiger partial charge in [-0.25, -0.2) is 9.78 Å². The van der Waals surface area contributed by atoms with Crippen molar-refractivity contribution in [3.05, 3.63) is 28.2 Å². The van der Waals surface area contributed by atoms with Gasteiger partial charge in [0.2, 0.25) is 11.4 Å². The molecule has 1 N–H and O–H groups in total. The Labute approximate surface area is 150 Å². The van der Waals surface area contributed by atoms with Gasteiger partial charge < -0.3 is 19.3 Å². The number of aromatic nitrogens is 3. The second kappa shape index (κ2) is 7.79. The molecule has 0 spiro atoms. The number of esters is 1. The Morgan fingerprint density at radius 3 is 2.69 bits per heavy atom. The van der Waals surface area contributed by atoms with Gasteiger partial charge in [-0.05, 0) is 6.92 Å². The summed E-state index contributed by atoms with van der Waals surface area (Å²) in [5, 5.41) is 9.32. The number of hydrogen-bond acceptors (Lipinski definition) is 8. The molecule has 1 aliphatic rings. The quantitative estimate of drug-likeness (QED) is 0.720. The number of pyridine rings is 1. The maximum absolute atomic E-state index is 12.6. The third-order valence-electron chi connectivity index (χ3n) is 4.47. The van der Waals surface area contributed by atoms with E-state index >= 15 is 0 Å². The van der Waals surface area contributed by atoms with E-state index in [-0.39, 0.29) is 18.8 Å². The van der Waals surface area contributed by atoms with Crippen LogP contribution in [0.3, 0.4) is 0 Å². The number of carbonyl (C=O) groups excluding carboxylic acids is 1. The van der Waals surface area contributed by atoms with Crippen LogP contribution in [0.4, 0.5) is 5.95 Å². The fourth-order valence-corrected chi connectivity index (χ4v) is 3.07. The highest BCUT2D eigenvalue weighted by Gasteiger charge is 2.21. The molecule has 140 valence electrons. The van der Waals surface area contributed by atoms with Crippen LogP contribution in [0, 0.1) is 0 Å². The van der Waals surface area contributed by atoms with Crippen molar-refractivity contribution in [1.29, 1.82) is 0 Å². The van der Waals surface area contributed by atoms with Gasteiger partial charge in [0.15, 0.2) is 0 Å². The number of aryl methyl sites for hydroxylation is 1. The summed E-state index contributed by atoms with van der Waals surface area (Å²) in [6.07, 6.45) is 2.93. The molecule has 1 fully saturated rings. The molecule has 0 aliphatic carbocycles. The fraction of sp³-hybridized carbons (Fsp3) is 0.529. The molecule has 9 nitrogen and oxygen atoms in total. The van der Waals surface area contributed by atoms with Gasteiger partial charge in [-0.2, -0.15) is 4.98 Å². The van der Waals surface area contributed by atoms with E-state index in [0.717, 1.165) is 26.2 Å². The Hall–Kier alpha value is -2.52. The minimum Gasteiger partial charge on any atom is -0.462 e. The minimum atomic E-state index is -0.640. The zero-order valence-corrected chi connectivity index (χ0v) is 15.0. The van der Waals surface area contributed by atoms with Crippen molar-refractivity contribution in [2.75, 3.05) is 50.8 Å². The summed E-state index contributed by atoms with van der Waals surface area (Å²) in [6, 6.07) is 0. The largest absolute Gasteiger partial charge is 0.462 e. The van der Waals surface area contributed by atoms with Crippen LogP contribution in [-0.4, -0.2) is 76.4 Å². The molecular formula is C17H23N5O4. The molecule has 0 amide bonds. The molecule has 0 bridgehead atoms. The van der Waals surface area contributed by atoms with Crippen molar-refractivity contribution >= 4 is 23.0 Å². The van der Waals surface area contributed by atoms with E-state index in [1.807, 2.05) is 0 Å². The molecule has 0 unspecified atom stereocenters. The highest BCUT2D eigenvalue weighted by molar-refractivity contribution is 5.93. The molecular weight excluding hydrogens is 338 g/mol. The van der Waals surface area contributed by atoms with Crippen LogP contribution in [0.2, 0.25) is 0 Å². The van der Waals surface area contributed by atoms with Crippen LogP contribution in [0.5, 0.6) is 0 Å². The number of aliphatic hydroxyl groups is 1. The Balaban J connectivity index is 1.90. The van der Waals surface area contributed by atoms with E-state index in [1.165, 1.54) is 12.4 Å². The van der Waals surface area contributed by atoms with E-state index < -0.39 is 11.4 Å². The van der Waals surface area contributed by atoms with Gasteiger partial charge in [-0.15, -0.1) is 0 Å². The summed E-state index contributed by atoms with van der Waals surface area (Å²) in [5.41, 5.74) is 0.0394. The average molecular weight is 361 g/mol. The predicted octanol–water partition coefficient (Wildman–Crippen LogP) is -0.380. The van der Waals surface area contributed by atoms with Crippen LogP contribution in [-0.2, 0) is 11.8 Å². The average Bonchev–Trinajstić information content (AvgIpc) is 2.65. The Bertz CT molecular complexity index is 858. The number of fused-ring (bicyclic) bond motifs is 1. The zero-order chi connectivity index (χ0) is 18.7. The smallest absolute Gasteiger partial charge is 0.343 e. The van der Waals surface area contributed by atoms with Crippen molar-refractivity contribution in [2.45, 2.75) is 6.92 Å². The molecule has 2 aromatic rings. The van der Waals surface area contributed by atoms with Crippen LogP contribution < -0.4 is 10.3 Å². The number of nitrogens with zero attached hydrogens (tertiary/aromatic N) is 5. The first-order valence-electron chi connectivity index (χ1n) is 8.66. The molecule has 3 rings (SSSR count). The Morgan fingerprint density at radius 1 is 1.31 bits per heavy atom. The zero-order valence-electron chi connectivity index (χ0n) is 15.0. The summed E-state index contributed by atoms with van der Waals surface area (Å²) in [4.78, 5) is 37.6. The molecule has 0 atom stereocenters. The second-order valence-corrected chi connectivity index (χ2v) is 6.16. The van der Waals surface area contributed by atoms with E-state index in [1.54, 1.807) is 18.5 Å². The highest BCUT2D eigenvalue weighted by atomic mass is 16.5. The van der Waals surface area contributed by atoms with E-state index in [2.05, 4.69) is 19.8 Å². The van der Waals surface area contributed by atoms with Crippen LogP contribution in [0.1, 0.15) is 17.3 Å². The number of anilines is 1. The normalized spacial score (nSPS) is 15.4. The van der Waals surface area contributed by atoms with Crippen LogP contribution in [0.15, 0.2) is 17.2 Å². The molecule has 1 saturated heterocycles. The number of hydrogen-bond donors (Lipinski definition) is 1. The number of piperazine rings is 1. The summed E-state index contributed by atoms with van der Waals surface area (Å²) in [7, 11) is 1.74. The summed E-state index contributed by atoms with van der Waals surface area (Å²) < 4.78 is 6.59. The molecule has 2 aromatic heterocycles. The Kier molecular flexibility index (Phi) is 5.48. The number of carbonyl (C=O) groups is 1. The maximum atomic E-state index is 12.6. The number of β-amino-alcohol motifs (C(OH)–C–C–N with tert-alkyl or cyclic N) is 1. The van der Waals surface area contributed by atoms with E-state index in [9.17, 15) is 9.59 Å². The third-order valence-corrected chi connectivity index (χ3v) is 4.47. The highest BCUT2D eigenvalue weighted by Crippen LogP contribution is 2.15. The lowest BCUT2D eigenvalue weighted by atomic mass is 10.2. The van der Waals surface area contributed by atoms with Gasteiger partial charge in [0.25, 0.3) is 0 Å². The van der Waals surface area contributed by atoms with Gasteiger partial charge in [0.05, 0.1) is 18.6 Å². The van der Waals surface area contributed by atoms with Crippen molar-refractivity contribution < 1.29 is 14.6 Å². The molecule has 0 radical (unpaired) electrons. The number of ether oxygens (including phenoxy) is 1. The van der Waals surface area contributed by atoms with Crippen molar-refractivity contribution in [2.24, 2.45) is 7.05 Å². The lowest BCUT2D eigenvalue weighted by Crippen LogP contribution is -2.47. The van der Waals surface area contributed by atoms with Crippen molar-refractivity contribution in [3.63, 3.8) is 0 Å². The first-order chi connectivity index (χ1) is 12.5. The lowest BCUT2D eigenvalue weighted by molar-refractivity contribution is 0.0524. The standard InChI is InChI=1S/C17H23N5O4/c1-3-26-16(25)13-11-20(2)15-12(14(13)24)10-18-17(19-15)22-6-4-21(5-7-22)8-9-23/h10-11,23H,3-9H2,1-2H3. The number of aliphatic hydroxyl groups excluding tert-OH is 1. The molecule has 26 heavy (non-hydrogen) atoms. The van der Waals surface area contributed by atoms with Crippen LogP contribution >= 0.6 is 0 Å². The molecule has 3 heterocycles. The van der Waals surface area contributed by atoms with Gasteiger partial charge in [-0.3, -0.25) is 9.69 Å². The monoisotopic (exact) mass is 361 g/mol. The predicted molar refractivity (Wildman–Crippen MR) is 96.5 cm³/mol. The van der Waals surface area contributed by atoms with Gasteiger partial charge in [-0.1, -0.05) is 0 Å². The summed E-state index contributed by atoms with van der Waals surface area (Å²) in [6.45, 7) is 5.86. The topological polar surface area (TPSA) is 101 Å². The first kappa shape index (κ1) is 18.3. The molecule has 0 saturated carbocycles. The van der Waals surface area contributed by atoms with Crippen molar-refractivity contribution in [3.8, 4) is 0 Å².